The van der Waals surface area contributed by atoms with Crippen LogP contribution in [-0.4, -0.2) is 29.4 Å². The predicted octanol–water partition coefficient (Wildman–Crippen LogP) is 4.49. The molecule has 1 amide bonds. The van der Waals surface area contributed by atoms with Crippen molar-refractivity contribution in [2.45, 2.75) is 45.4 Å². The average molecular weight is 453 g/mol. The molecule has 0 spiro atoms. The van der Waals surface area contributed by atoms with Crippen LogP contribution >= 0.6 is 11.3 Å². The number of fused-ring (bicyclic) bond motifs is 1. The minimum atomic E-state index is -0.857. The van der Waals surface area contributed by atoms with Gasteiger partial charge in [-0.25, -0.2) is 4.79 Å². The monoisotopic (exact) mass is 452 g/mol. The van der Waals surface area contributed by atoms with E-state index < -0.39 is 11.4 Å². The molecule has 0 saturated heterocycles. The molecule has 2 heterocycles. The number of carbonyl (C=O) groups is 3. The van der Waals surface area contributed by atoms with Crippen LogP contribution in [-0.2, 0) is 27.8 Å². The number of aryl methyl sites for hydroxylation is 1. The fourth-order valence-electron chi connectivity index (χ4n) is 4.32. The lowest BCUT2D eigenvalue weighted by atomic mass is 9.66. The minimum Gasteiger partial charge on any atom is -0.462 e. The van der Waals surface area contributed by atoms with Gasteiger partial charge in [0.15, 0.2) is 5.78 Å². The van der Waals surface area contributed by atoms with Crippen molar-refractivity contribution in [1.29, 1.82) is 0 Å². The molecule has 7 nitrogen and oxygen atoms in total. The average Bonchev–Trinajstić information content (AvgIpc) is 3.33. The van der Waals surface area contributed by atoms with Crippen molar-refractivity contribution in [2.24, 2.45) is 0 Å². The largest absolute Gasteiger partial charge is 0.462 e. The highest BCUT2D eigenvalue weighted by Gasteiger charge is 2.47. The van der Waals surface area contributed by atoms with Gasteiger partial charge in [0.1, 0.15) is 10.8 Å². The summed E-state index contributed by atoms with van der Waals surface area (Å²) >= 11 is 1.14. The van der Waals surface area contributed by atoms with Gasteiger partial charge in [0.05, 0.1) is 28.2 Å². The molecule has 0 radical (unpaired) electrons. The van der Waals surface area contributed by atoms with Gasteiger partial charge in [-0.1, -0.05) is 35.5 Å². The third-order valence-electron chi connectivity index (χ3n) is 5.70. The van der Waals surface area contributed by atoms with Crippen LogP contribution in [0.1, 0.15) is 62.9 Å². The van der Waals surface area contributed by atoms with Crippen LogP contribution in [0.2, 0.25) is 0 Å². The van der Waals surface area contributed by atoms with E-state index in [1.54, 1.807) is 6.92 Å². The first-order chi connectivity index (χ1) is 15.4. The van der Waals surface area contributed by atoms with Crippen LogP contribution in [0.15, 0.2) is 40.9 Å². The maximum atomic E-state index is 14.1. The Balaban J connectivity index is 1.85. The van der Waals surface area contributed by atoms with Crippen LogP contribution < -0.4 is 5.32 Å². The summed E-state index contributed by atoms with van der Waals surface area (Å²) in [7, 11) is 0. The number of Topliss-reactive ketones (excluding diaryl/α,β-unsaturated/α-hetero) is 1. The molecular formula is C24H24N2O5S. The first-order valence-electron chi connectivity index (χ1n) is 10.5. The third kappa shape index (κ3) is 3.86. The van der Waals surface area contributed by atoms with Gasteiger partial charge in [-0.3, -0.25) is 9.59 Å². The number of esters is 1. The molecule has 166 valence electrons. The molecule has 0 bridgehead atoms. The summed E-state index contributed by atoms with van der Waals surface area (Å²) in [5.74, 6) is -0.300. The lowest BCUT2D eigenvalue weighted by Crippen LogP contribution is -2.41. The number of nitrogens with zero attached hydrogens (tertiary/aromatic N) is 1. The van der Waals surface area contributed by atoms with E-state index in [9.17, 15) is 14.4 Å². The second kappa shape index (κ2) is 8.70. The van der Waals surface area contributed by atoms with E-state index in [0.717, 1.165) is 22.6 Å². The Kier molecular flexibility index (Phi) is 5.97. The molecule has 1 aliphatic rings. The molecule has 0 saturated carbocycles. The van der Waals surface area contributed by atoms with Crippen molar-refractivity contribution in [3.63, 3.8) is 0 Å². The molecule has 1 atom stereocenters. The topological polar surface area (TPSA) is 98.5 Å². The first-order valence-corrected chi connectivity index (χ1v) is 11.3. The number of benzene rings is 1. The number of rotatable bonds is 6. The molecule has 1 N–H and O–H groups in total. The number of thiophene rings is 1. The second-order valence-corrected chi connectivity index (χ2v) is 8.92. The van der Waals surface area contributed by atoms with Gasteiger partial charge in [0.2, 0.25) is 5.91 Å². The van der Waals surface area contributed by atoms with E-state index in [0.29, 0.717) is 40.5 Å². The summed E-state index contributed by atoms with van der Waals surface area (Å²) in [6.07, 6.45) is 1.34. The highest BCUT2D eigenvalue weighted by molar-refractivity contribution is 7.19. The van der Waals surface area contributed by atoms with Crippen LogP contribution in [0.25, 0.3) is 0 Å². The number of ketones is 1. The van der Waals surface area contributed by atoms with Crippen molar-refractivity contribution in [1.82, 2.24) is 5.16 Å². The fourth-order valence-corrected chi connectivity index (χ4v) is 5.65. The van der Waals surface area contributed by atoms with Gasteiger partial charge in [-0.15, -0.1) is 11.3 Å². The number of amides is 1. The van der Waals surface area contributed by atoms with Gasteiger partial charge in [0.25, 0.3) is 0 Å². The van der Waals surface area contributed by atoms with Gasteiger partial charge in [-0.05, 0) is 37.8 Å². The minimum absolute atomic E-state index is 0.0915. The molecular weight excluding hydrogens is 428 g/mol. The van der Waals surface area contributed by atoms with Crippen molar-refractivity contribution in [3.8, 4) is 0 Å². The lowest BCUT2D eigenvalue weighted by molar-refractivity contribution is -0.114. The van der Waals surface area contributed by atoms with Crippen molar-refractivity contribution >= 4 is 34.0 Å². The standard InChI is InChI=1S/C24H24N2O5S/c1-4-30-23(29)19-18-10-11-24(16-8-6-5-7-9-16,13-17-12-14(2)26-31-17)21(28)20(18)32-22(19)25-15(3)27/h5-9,12H,4,10-11,13H2,1-3H3,(H,25,27). The summed E-state index contributed by atoms with van der Waals surface area (Å²) < 4.78 is 10.7. The van der Waals surface area contributed by atoms with Crippen molar-refractivity contribution in [2.75, 3.05) is 11.9 Å². The number of nitrogens with one attached hydrogen (secondary N) is 1. The van der Waals surface area contributed by atoms with Crippen molar-refractivity contribution in [3.05, 3.63) is 69.4 Å². The molecule has 0 aliphatic heterocycles. The van der Waals surface area contributed by atoms with E-state index in [-0.39, 0.29) is 23.9 Å². The SMILES string of the molecule is CCOC(=O)c1c(NC(C)=O)sc2c1CCC(Cc1cc(C)no1)(c1ccccc1)C2=O. The third-order valence-corrected chi connectivity index (χ3v) is 6.84. The van der Waals surface area contributed by atoms with Crippen LogP contribution in [0.4, 0.5) is 5.00 Å². The number of anilines is 1. The van der Waals surface area contributed by atoms with Crippen LogP contribution in [0.5, 0.6) is 0 Å². The first kappa shape index (κ1) is 22.0. The molecule has 1 unspecified atom stereocenters. The summed E-state index contributed by atoms with van der Waals surface area (Å²) in [6, 6.07) is 11.5. The maximum absolute atomic E-state index is 14.1. The van der Waals surface area contributed by atoms with Gasteiger partial charge < -0.3 is 14.6 Å². The number of hydrogen-bond acceptors (Lipinski definition) is 7. The molecule has 2 aromatic heterocycles. The Labute approximate surface area is 189 Å². The summed E-state index contributed by atoms with van der Waals surface area (Å²) in [5, 5.41) is 7.04. The quantitative estimate of drug-likeness (QED) is 0.554. The zero-order chi connectivity index (χ0) is 22.9. The zero-order valence-corrected chi connectivity index (χ0v) is 19.0. The Morgan fingerprint density at radius 2 is 2.03 bits per heavy atom. The molecule has 32 heavy (non-hydrogen) atoms. The summed E-state index contributed by atoms with van der Waals surface area (Å²) in [4.78, 5) is 39.0. The highest BCUT2D eigenvalue weighted by atomic mass is 32.1. The number of ether oxygens (including phenoxy) is 1. The zero-order valence-electron chi connectivity index (χ0n) is 18.2. The molecule has 1 aliphatic carbocycles. The Morgan fingerprint density at radius 3 is 2.66 bits per heavy atom. The Hall–Kier alpha value is -3.26. The summed E-state index contributed by atoms with van der Waals surface area (Å²) in [5.41, 5.74) is 1.71. The van der Waals surface area contributed by atoms with Crippen molar-refractivity contribution < 1.29 is 23.6 Å². The Morgan fingerprint density at radius 1 is 1.28 bits per heavy atom. The maximum Gasteiger partial charge on any atom is 0.341 e. The van der Waals surface area contributed by atoms with Gasteiger partial charge in [0, 0.05) is 19.4 Å². The lowest BCUT2D eigenvalue weighted by Gasteiger charge is -2.35. The normalized spacial score (nSPS) is 17.7. The van der Waals surface area contributed by atoms with E-state index in [1.807, 2.05) is 43.3 Å². The van der Waals surface area contributed by atoms with Gasteiger partial charge in [-0.2, -0.15) is 0 Å². The van der Waals surface area contributed by atoms with E-state index >= 15 is 0 Å². The molecule has 4 rings (SSSR count). The van der Waals surface area contributed by atoms with Gasteiger partial charge >= 0.3 is 5.97 Å². The fraction of sp³-hybridized carbons (Fsp3) is 0.333. The van der Waals surface area contributed by atoms with Crippen LogP contribution in [0, 0.1) is 6.92 Å². The van der Waals surface area contributed by atoms with E-state index in [2.05, 4.69) is 10.5 Å². The summed E-state index contributed by atoms with van der Waals surface area (Å²) in [6.45, 7) is 5.14. The molecule has 1 aromatic carbocycles. The number of hydrogen-bond donors (Lipinski definition) is 1. The molecule has 3 aromatic rings. The Bertz CT molecular complexity index is 1180. The number of carbonyl (C=O) groups excluding carboxylic acids is 3. The number of aromatic nitrogens is 1. The van der Waals surface area contributed by atoms with E-state index in [1.165, 1.54) is 6.92 Å². The molecule has 0 fully saturated rings. The molecule has 8 heteroatoms. The second-order valence-electron chi connectivity index (χ2n) is 7.90. The predicted molar refractivity (Wildman–Crippen MR) is 120 cm³/mol. The van der Waals surface area contributed by atoms with Crippen LogP contribution in [0.3, 0.4) is 0 Å². The smallest absolute Gasteiger partial charge is 0.341 e. The highest BCUT2D eigenvalue weighted by Crippen LogP contribution is 2.47. The van der Waals surface area contributed by atoms with E-state index in [4.69, 9.17) is 9.26 Å².